The topological polar surface area (TPSA) is 450 Å². The number of unbranched alkanes of at least 4 members (excludes halogenated alkanes) is 2. The van der Waals surface area contributed by atoms with Gasteiger partial charge in [0.05, 0.1) is 12.6 Å². The molecule has 27 heteroatoms. The Hall–Kier alpha value is -6.19. The Labute approximate surface area is 493 Å². The van der Waals surface area contributed by atoms with Gasteiger partial charge in [-0.1, -0.05) is 75.7 Å². The number of aliphatic hydroxyl groups excluding tert-OH is 1. The first-order chi connectivity index (χ1) is 38.8. The first kappa shape index (κ1) is 76.8. The van der Waals surface area contributed by atoms with Crippen LogP contribution >= 0.6 is 0 Å². The zero-order valence-electron chi connectivity index (χ0n) is 52.0. The Morgan fingerprint density at radius 1 is 0.458 bits per heavy atom. The number of hydrogen-bond acceptors (Lipinski definition) is 15. The molecule has 0 aliphatic heterocycles. The summed E-state index contributed by atoms with van der Waals surface area (Å²) in [5, 5.41) is 29.7. The smallest absolute Gasteiger partial charge is 0.245 e. The summed E-state index contributed by atoms with van der Waals surface area (Å²) in [6.45, 7) is 19.8. The normalized spacial score (nSPS) is 15.4. The quantitative estimate of drug-likeness (QED) is 0.0186. The second-order valence-corrected chi connectivity index (χ2v) is 23.5. The van der Waals surface area contributed by atoms with Gasteiger partial charge in [-0.15, -0.1) is 0 Å². The Balaban J connectivity index is 7.27. The van der Waals surface area contributed by atoms with Gasteiger partial charge in [-0.05, 0) is 127 Å². The molecule has 11 atom stereocenters. The number of nitrogens with two attached hydrogens (primary N) is 6. The van der Waals surface area contributed by atoms with Crippen molar-refractivity contribution in [3.63, 3.8) is 0 Å². The summed E-state index contributed by atoms with van der Waals surface area (Å²) in [7, 11) is 2.84. The van der Waals surface area contributed by atoms with Gasteiger partial charge in [0.15, 0.2) is 5.96 Å². The molecule has 0 bridgehead atoms. The number of guanidine groups is 1. The van der Waals surface area contributed by atoms with Gasteiger partial charge in [0, 0.05) is 20.6 Å². The standard InChI is InChI=1S/C56H108N16O11/c1-14-35(10)45(52(80)65-37(20-15-17-23-57)48(76)70-46(36(11)73)53(81)67-40(28-33(6)7)50(78)66-38(47(60)75)26-31(2)3)69-51(79)42(22-19-25-63-56(61)62)71(12)55(83)43(21-16-18-24-58)72(13)54(82)41(29-34(8)9)68-49(77)39(27-32(4)5)64-44(74)30-59/h31-43,45-46,73H,14-30,57-59H2,1-13H3,(H2,60,75)(H,64,74)(H,65,80)(H,66,78)(H,67,81)(H,68,77)(H,69,79)(H,70,76)(H4,61,62,63)/t35-,36+,37-,38-,39-,40-,41-,42-,43-,45-,46-/m0/s1. The predicted molar refractivity (Wildman–Crippen MR) is 320 cm³/mol. The first-order valence-electron chi connectivity index (χ1n) is 29.6. The third kappa shape index (κ3) is 29.3. The molecule has 0 aromatic heterocycles. The van der Waals surface area contributed by atoms with Gasteiger partial charge in [-0.3, -0.25) is 52.9 Å². The molecule has 0 aromatic carbocycles. The van der Waals surface area contributed by atoms with E-state index >= 15 is 0 Å². The minimum absolute atomic E-state index is 0.00568. The van der Waals surface area contributed by atoms with Crippen LogP contribution in [0.2, 0.25) is 0 Å². The average Bonchev–Trinajstić information content (AvgIpc) is 3.52. The third-order valence-corrected chi connectivity index (χ3v) is 14.1. The summed E-state index contributed by atoms with van der Waals surface area (Å²) in [6, 6.07) is -11.1. The van der Waals surface area contributed by atoms with Gasteiger partial charge in [0.25, 0.3) is 0 Å². The fourth-order valence-corrected chi connectivity index (χ4v) is 9.26. The monoisotopic (exact) mass is 1180 g/mol. The minimum atomic E-state index is -1.63. The molecule has 0 saturated carbocycles. The number of aliphatic imine (C=N–C) groups is 1. The lowest BCUT2D eigenvalue weighted by molar-refractivity contribution is -0.149. The van der Waals surface area contributed by atoms with Crippen LogP contribution in [0.3, 0.4) is 0 Å². The number of carbonyl (C=O) groups excluding carboxylic acids is 10. The maximum absolute atomic E-state index is 15.0. The molecule has 20 N–H and O–H groups in total. The molecule has 10 amide bonds. The highest BCUT2D eigenvalue weighted by Crippen LogP contribution is 2.20. The van der Waals surface area contributed by atoms with Crippen molar-refractivity contribution in [1.29, 1.82) is 0 Å². The van der Waals surface area contributed by atoms with Crippen LogP contribution in [-0.4, -0.2) is 181 Å². The van der Waals surface area contributed by atoms with Crippen LogP contribution in [0.5, 0.6) is 0 Å². The van der Waals surface area contributed by atoms with Crippen molar-refractivity contribution in [1.82, 2.24) is 47.0 Å². The number of nitrogens with zero attached hydrogens (tertiary/aromatic N) is 3. The number of carbonyl (C=O) groups is 10. The fraction of sp³-hybridized carbons (Fsp3) is 0.804. The second kappa shape index (κ2) is 40.1. The molecule has 27 nitrogen and oxygen atoms in total. The van der Waals surface area contributed by atoms with Crippen molar-refractivity contribution in [2.24, 2.45) is 69.0 Å². The molecule has 0 spiro atoms. The van der Waals surface area contributed by atoms with E-state index in [9.17, 15) is 53.1 Å². The average molecular weight is 1180 g/mol. The number of amides is 10. The lowest BCUT2D eigenvalue weighted by Crippen LogP contribution is -2.62. The van der Waals surface area contributed by atoms with E-state index in [0.29, 0.717) is 32.1 Å². The zero-order valence-corrected chi connectivity index (χ0v) is 52.0. The third-order valence-electron chi connectivity index (χ3n) is 14.1. The van der Waals surface area contributed by atoms with Crippen molar-refractivity contribution < 1.29 is 53.1 Å². The van der Waals surface area contributed by atoms with Crippen LogP contribution in [0.25, 0.3) is 0 Å². The van der Waals surface area contributed by atoms with E-state index in [1.54, 1.807) is 13.8 Å². The van der Waals surface area contributed by atoms with Gasteiger partial charge >= 0.3 is 0 Å². The molecular weight excluding hydrogens is 1070 g/mol. The Bertz CT molecular complexity index is 2090. The number of hydrogen-bond donors (Lipinski definition) is 14. The molecule has 0 aromatic rings. The van der Waals surface area contributed by atoms with Crippen LogP contribution in [0.1, 0.15) is 160 Å². The number of aliphatic hydroxyl groups is 1. The fourth-order valence-electron chi connectivity index (χ4n) is 9.26. The summed E-state index contributed by atoms with van der Waals surface area (Å²) in [6.07, 6.45) is 1.57. The molecule has 0 aliphatic carbocycles. The summed E-state index contributed by atoms with van der Waals surface area (Å²) >= 11 is 0. The number of rotatable bonds is 42. The van der Waals surface area contributed by atoms with E-state index in [1.807, 2.05) is 55.4 Å². The number of likely N-dealkylation sites (N-methyl/N-ethyl adjacent to an activating group) is 2. The van der Waals surface area contributed by atoms with Crippen LogP contribution in [-0.2, 0) is 47.9 Å². The van der Waals surface area contributed by atoms with Gasteiger partial charge in [0.1, 0.15) is 54.4 Å². The summed E-state index contributed by atoms with van der Waals surface area (Å²) in [5.41, 5.74) is 34.0. The highest BCUT2D eigenvalue weighted by atomic mass is 16.3. The number of primary amides is 1. The maximum Gasteiger partial charge on any atom is 0.245 e. The van der Waals surface area contributed by atoms with E-state index in [1.165, 1.54) is 30.8 Å². The lowest BCUT2D eigenvalue weighted by Gasteiger charge is -2.37. The maximum atomic E-state index is 15.0. The molecule has 0 saturated heterocycles. The Morgan fingerprint density at radius 3 is 1.34 bits per heavy atom. The molecule has 0 unspecified atom stereocenters. The molecule has 0 radical (unpaired) electrons. The van der Waals surface area contributed by atoms with E-state index in [4.69, 9.17) is 34.4 Å². The minimum Gasteiger partial charge on any atom is -0.391 e. The van der Waals surface area contributed by atoms with Crippen LogP contribution in [0, 0.1) is 29.6 Å². The first-order valence-corrected chi connectivity index (χ1v) is 29.6. The number of nitrogens with one attached hydrogen (secondary N) is 7. The van der Waals surface area contributed by atoms with Gasteiger partial charge in [0.2, 0.25) is 59.1 Å². The highest BCUT2D eigenvalue weighted by Gasteiger charge is 2.40. The summed E-state index contributed by atoms with van der Waals surface area (Å²) < 4.78 is 0. The lowest BCUT2D eigenvalue weighted by atomic mass is 9.96. The highest BCUT2D eigenvalue weighted by molar-refractivity contribution is 5.98. The van der Waals surface area contributed by atoms with E-state index in [-0.39, 0.29) is 107 Å². The van der Waals surface area contributed by atoms with Crippen molar-refractivity contribution in [2.45, 2.75) is 220 Å². The van der Waals surface area contributed by atoms with E-state index < -0.39 is 125 Å². The van der Waals surface area contributed by atoms with Crippen molar-refractivity contribution in [3.8, 4) is 0 Å². The van der Waals surface area contributed by atoms with Crippen molar-refractivity contribution in [2.75, 3.05) is 40.3 Å². The SMILES string of the molecule is CC[C@H](C)[C@H](NC(=O)[C@H](CCCN=C(N)N)N(C)C(=O)[C@H](CCCCN)N(C)C(=O)[C@H](CC(C)C)NC(=O)[C@H](CC(C)C)NC(=O)CN)C(=O)N[C@@H](CCCCN)C(=O)N[C@H](C(=O)N[C@@H](CC(C)C)C(=O)N[C@@H](CC(C)C)C(N)=O)[C@@H](C)O. The second-order valence-electron chi connectivity index (χ2n) is 23.5. The van der Waals surface area contributed by atoms with Crippen LogP contribution in [0.4, 0.5) is 0 Å². The molecule has 0 heterocycles. The molecule has 0 aliphatic rings. The summed E-state index contributed by atoms with van der Waals surface area (Å²) in [4.78, 5) is 146. The van der Waals surface area contributed by atoms with Gasteiger partial charge in [-0.2, -0.15) is 0 Å². The largest absolute Gasteiger partial charge is 0.391 e. The molecule has 0 fully saturated rings. The summed E-state index contributed by atoms with van der Waals surface area (Å²) in [5.74, 6) is -8.21. The van der Waals surface area contributed by atoms with Crippen LogP contribution in [0.15, 0.2) is 4.99 Å². The van der Waals surface area contributed by atoms with Gasteiger partial charge < -0.3 is 86.5 Å². The van der Waals surface area contributed by atoms with Gasteiger partial charge in [-0.25, -0.2) is 0 Å². The Morgan fingerprint density at radius 2 is 0.867 bits per heavy atom. The van der Waals surface area contributed by atoms with E-state index in [2.05, 4.69) is 42.2 Å². The molecule has 0 rings (SSSR count). The van der Waals surface area contributed by atoms with Crippen molar-refractivity contribution >= 4 is 65.0 Å². The van der Waals surface area contributed by atoms with Crippen molar-refractivity contribution in [3.05, 3.63) is 0 Å². The predicted octanol–water partition coefficient (Wildman–Crippen LogP) is -1.60. The zero-order chi connectivity index (χ0) is 63.8. The van der Waals surface area contributed by atoms with E-state index in [0.717, 1.165) is 0 Å². The molecular formula is C56H108N16O11. The Kier molecular flexibility index (Phi) is 37.1. The molecule has 478 valence electrons. The molecule has 83 heavy (non-hydrogen) atoms. The van der Waals surface area contributed by atoms with Crippen LogP contribution < -0.4 is 71.6 Å².